The van der Waals surface area contributed by atoms with E-state index < -0.39 is 12.1 Å². The molecule has 3 heteroatoms. The second-order valence-corrected chi connectivity index (χ2v) is 3.63. The summed E-state index contributed by atoms with van der Waals surface area (Å²) in [6, 6.07) is 6.48. The zero-order valence-electron chi connectivity index (χ0n) is 7.61. The number of benzene rings is 1. The number of hydrogen-bond donors (Lipinski definition) is 1. The summed E-state index contributed by atoms with van der Waals surface area (Å²) in [6.07, 6.45) is 0.754. The SMILES string of the molecule is O=C(O)c1ccc(C2CCC2F)cc1. The number of halogens is 1. The lowest BCUT2D eigenvalue weighted by molar-refractivity contribution is 0.0697. The van der Waals surface area contributed by atoms with Crippen molar-refractivity contribution in [3.8, 4) is 0 Å². The third-order valence-electron chi connectivity index (χ3n) is 2.78. The van der Waals surface area contributed by atoms with Crippen LogP contribution in [0.15, 0.2) is 24.3 Å². The lowest BCUT2D eigenvalue weighted by Gasteiger charge is -2.30. The highest BCUT2D eigenvalue weighted by Gasteiger charge is 2.31. The van der Waals surface area contributed by atoms with Gasteiger partial charge in [-0.2, -0.15) is 0 Å². The van der Waals surface area contributed by atoms with Crippen LogP contribution in [0.25, 0.3) is 0 Å². The standard InChI is InChI=1S/C11H11FO2/c12-10-6-5-9(10)7-1-3-8(4-2-7)11(13)14/h1-4,9-10H,5-6H2,(H,13,14). The van der Waals surface area contributed by atoms with Crippen molar-refractivity contribution >= 4 is 5.97 Å². The van der Waals surface area contributed by atoms with E-state index in [1.165, 1.54) is 12.1 Å². The van der Waals surface area contributed by atoms with Gasteiger partial charge in [-0.1, -0.05) is 12.1 Å². The maximum absolute atomic E-state index is 13.0. The van der Waals surface area contributed by atoms with Crippen molar-refractivity contribution in [2.45, 2.75) is 24.9 Å². The molecule has 74 valence electrons. The van der Waals surface area contributed by atoms with Gasteiger partial charge in [0.25, 0.3) is 0 Å². The molecule has 2 rings (SSSR count). The molecule has 1 fully saturated rings. The predicted molar refractivity (Wildman–Crippen MR) is 50.3 cm³/mol. The Labute approximate surface area is 81.4 Å². The second kappa shape index (κ2) is 3.40. The smallest absolute Gasteiger partial charge is 0.335 e. The molecule has 0 aliphatic heterocycles. The highest BCUT2D eigenvalue weighted by atomic mass is 19.1. The molecule has 14 heavy (non-hydrogen) atoms. The monoisotopic (exact) mass is 194 g/mol. The molecule has 2 unspecified atom stereocenters. The molecule has 0 bridgehead atoms. The van der Waals surface area contributed by atoms with Crippen molar-refractivity contribution in [3.63, 3.8) is 0 Å². The van der Waals surface area contributed by atoms with Gasteiger partial charge in [0.2, 0.25) is 0 Å². The van der Waals surface area contributed by atoms with Crippen molar-refractivity contribution in [1.29, 1.82) is 0 Å². The summed E-state index contributed by atoms with van der Waals surface area (Å²) in [7, 11) is 0. The summed E-state index contributed by atoms with van der Waals surface area (Å²) in [4.78, 5) is 10.6. The van der Waals surface area contributed by atoms with E-state index in [-0.39, 0.29) is 11.5 Å². The van der Waals surface area contributed by atoms with E-state index in [4.69, 9.17) is 5.11 Å². The summed E-state index contributed by atoms with van der Waals surface area (Å²) in [5.74, 6) is -0.959. The maximum atomic E-state index is 13.0. The van der Waals surface area contributed by atoms with Crippen LogP contribution >= 0.6 is 0 Å². The normalized spacial score (nSPS) is 25.5. The third kappa shape index (κ3) is 1.50. The predicted octanol–water partition coefficient (Wildman–Crippen LogP) is 2.60. The van der Waals surface area contributed by atoms with Gasteiger partial charge in [0, 0.05) is 5.92 Å². The summed E-state index contributed by atoms with van der Waals surface area (Å²) < 4.78 is 13.0. The first-order valence-electron chi connectivity index (χ1n) is 4.66. The Hall–Kier alpha value is -1.38. The van der Waals surface area contributed by atoms with Crippen LogP contribution in [0.4, 0.5) is 4.39 Å². The first-order valence-corrected chi connectivity index (χ1v) is 4.66. The van der Waals surface area contributed by atoms with E-state index in [1.807, 2.05) is 0 Å². The van der Waals surface area contributed by atoms with Crippen LogP contribution in [0.2, 0.25) is 0 Å². The number of aromatic carboxylic acids is 1. The summed E-state index contributed by atoms with van der Waals surface area (Å²) in [6.45, 7) is 0. The number of carbonyl (C=O) groups is 1. The molecule has 0 aromatic heterocycles. The fraction of sp³-hybridized carbons (Fsp3) is 0.364. The highest BCUT2D eigenvalue weighted by molar-refractivity contribution is 5.87. The minimum Gasteiger partial charge on any atom is -0.478 e. The fourth-order valence-corrected chi connectivity index (χ4v) is 1.71. The molecule has 1 aliphatic rings. The molecule has 1 aliphatic carbocycles. The van der Waals surface area contributed by atoms with Crippen LogP contribution in [-0.4, -0.2) is 17.2 Å². The number of carboxylic acids is 1. The van der Waals surface area contributed by atoms with Crippen molar-refractivity contribution in [3.05, 3.63) is 35.4 Å². The van der Waals surface area contributed by atoms with E-state index in [0.717, 1.165) is 12.0 Å². The first kappa shape index (κ1) is 9.19. The van der Waals surface area contributed by atoms with Gasteiger partial charge in [-0.15, -0.1) is 0 Å². The van der Waals surface area contributed by atoms with Gasteiger partial charge in [0.15, 0.2) is 0 Å². The van der Waals surface area contributed by atoms with Gasteiger partial charge in [0.05, 0.1) is 5.56 Å². The van der Waals surface area contributed by atoms with Crippen molar-refractivity contribution in [2.24, 2.45) is 0 Å². The molecule has 1 N–H and O–H groups in total. The Morgan fingerprint density at radius 1 is 1.29 bits per heavy atom. The Morgan fingerprint density at radius 2 is 1.93 bits per heavy atom. The molecule has 0 saturated heterocycles. The Balaban J connectivity index is 2.17. The fourth-order valence-electron chi connectivity index (χ4n) is 1.71. The van der Waals surface area contributed by atoms with Gasteiger partial charge in [-0.05, 0) is 30.5 Å². The molecule has 0 amide bonds. The average molecular weight is 194 g/mol. The van der Waals surface area contributed by atoms with Gasteiger partial charge in [-0.3, -0.25) is 0 Å². The minimum absolute atomic E-state index is 0.0159. The lowest BCUT2D eigenvalue weighted by atomic mass is 9.78. The largest absolute Gasteiger partial charge is 0.478 e. The van der Waals surface area contributed by atoms with Crippen LogP contribution in [0, 0.1) is 0 Å². The maximum Gasteiger partial charge on any atom is 0.335 e. The van der Waals surface area contributed by atoms with Crippen LogP contribution < -0.4 is 0 Å². The molecule has 0 spiro atoms. The average Bonchev–Trinajstić information content (AvgIpc) is 2.16. The zero-order chi connectivity index (χ0) is 10.1. The molecule has 1 aromatic rings. The third-order valence-corrected chi connectivity index (χ3v) is 2.78. The van der Waals surface area contributed by atoms with Gasteiger partial charge in [-0.25, -0.2) is 9.18 Å². The number of hydrogen-bond acceptors (Lipinski definition) is 1. The number of alkyl halides is 1. The number of carboxylic acid groups (broad SMARTS) is 1. The van der Waals surface area contributed by atoms with E-state index in [9.17, 15) is 9.18 Å². The quantitative estimate of drug-likeness (QED) is 0.785. The first-order chi connectivity index (χ1) is 6.68. The number of rotatable bonds is 2. The van der Waals surface area contributed by atoms with Crippen molar-refractivity contribution in [1.82, 2.24) is 0 Å². The van der Waals surface area contributed by atoms with Crippen LogP contribution in [0.3, 0.4) is 0 Å². The van der Waals surface area contributed by atoms with Crippen molar-refractivity contribution < 1.29 is 14.3 Å². The molecular weight excluding hydrogens is 183 g/mol. The molecule has 0 heterocycles. The zero-order valence-corrected chi connectivity index (χ0v) is 7.61. The summed E-state index contributed by atoms with van der Waals surface area (Å²) in [5.41, 5.74) is 1.16. The summed E-state index contributed by atoms with van der Waals surface area (Å²) in [5, 5.41) is 8.66. The molecular formula is C11H11FO2. The van der Waals surface area contributed by atoms with Crippen LogP contribution in [0.1, 0.15) is 34.7 Å². The van der Waals surface area contributed by atoms with E-state index in [0.29, 0.717) is 6.42 Å². The summed E-state index contributed by atoms with van der Waals surface area (Å²) >= 11 is 0. The van der Waals surface area contributed by atoms with Crippen LogP contribution in [0.5, 0.6) is 0 Å². The highest BCUT2D eigenvalue weighted by Crippen LogP contribution is 2.39. The van der Waals surface area contributed by atoms with Gasteiger partial charge >= 0.3 is 5.97 Å². The molecule has 2 atom stereocenters. The Bertz CT molecular complexity index is 345. The lowest BCUT2D eigenvalue weighted by Crippen LogP contribution is -2.24. The van der Waals surface area contributed by atoms with Gasteiger partial charge < -0.3 is 5.11 Å². The molecule has 2 nitrogen and oxygen atoms in total. The van der Waals surface area contributed by atoms with E-state index in [2.05, 4.69) is 0 Å². The van der Waals surface area contributed by atoms with Crippen LogP contribution in [-0.2, 0) is 0 Å². The minimum atomic E-state index is -0.943. The second-order valence-electron chi connectivity index (χ2n) is 3.63. The van der Waals surface area contributed by atoms with Crippen molar-refractivity contribution in [2.75, 3.05) is 0 Å². The van der Waals surface area contributed by atoms with Gasteiger partial charge in [0.1, 0.15) is 6.17 Å². The molecule has 1 aromatic carbocycles. The van der Waals surface area contributed by atoms with E-state index >= 15 is 0 Å². The molecule has 0 radical (unpaired) electrons. The molecule has 1 saturated carbocycles. The topological polar surface area (TPSA) is 37.3 Å². The van der Waals surface area contributed by atoms with E-state index in [1.54, 1.807) is 12.1 Å². The Kier molecular flexibility index (Phi) is 2.23. The Morgan fingerprint density at radius 3 is 2.29 bits per heavy atom.